The molecule has 1 aromatic carbocycles. The molecule has 0 aliphatic carbocycles. The van der Waals surface area contributed by atoms with Crippen LogP contribution in [0.2, 0.25) is 0 Å². The fourth-order valence-corrected chi connectivity index (χ4v) is 2.42. The Morgan fingerprint density at radius 3 is 2.79 bits per heavy atom. The Morgan fingerprint density at radius 2 is 2.16 bits per heavy atom. The highest BCUT2D eigenvalue weighted by Gasteiger charge is 2.17. The summed E-state index contributed by atoms with van der Waals surface area (Å²) in [6.07, 6.45) is 3.76. The maximum Gasteiger partial charge on any atom is 0.164 e. The molecular weight excluding hydrogens is 238 g/mol. The normalized spacial score (nSPS) is 15.3. The predicted octanol–water partition coefficient (Wildman–Crippen LogP) is 3.06. The smallest absolute Gasteiger partial charge is 0.164 e. The second kappa shape index (κ2) is 6.53. The van der Waals surface area contributed by atoms with Gasteiger partial charge in [-0.1, -0.05) is 25.1 Å². The first-order chi connectivity index (χ1) is 9.26. The summed E-state index contributed by atoms with van der Waals surface area (Å²) >= 11 is 0. The van der Waals surface area contributed by atoms with Crippen LogP contribution >= 0.6 is 0 Å². The van der Waals surface area contributed by atoms with Crippen molar-refractivity contribution in [1.82, 2.24) is 0 Å². The predicted molar refractivity (Wildman–Crippen MR) is 77.9 cm³/mol. The van der Waals surface area contributed by atoms with Crippen LogP contribution in [0.3, 0.4) is 0 Å². The highest BCUT2D eigenvalue weighted by Crippen LogP contribution is 2.25. The number of hydrogen-bond acceptors (Lipinski definition) is 3. The Balaban J connectivity index is 2.18. The second-order valence-electron chi connectivity index (χ2n) is 4.79. The van der Waals surface area contributed by atoms with E-state index in [4.69, 9.17) is 4.74 Å². The number of carbonyl (C=O) groups excluding carboxylic acids is 1. The summed E-state index contributed by atoms with van der Waals surface area (Å²) in [4.78, 5) is 14.2. The zero-order valence-electron chi connectivity index (χ0n) is 11.7. The van der Waals surface area contributed by atoms with Crippen molar-refractivity contribution in [3.05, 3.63) is 41.5 Å². The van der Waals surface area contributed by atoms with Crippen LogP contribution in [0.4, 0.5) is 5.69 Å². The number of methoxy groups -OCH3 is 1. The number of ketones is 1. The Kier molecular flexibility index (Phi) is 4.74. The number of benzene rings is 1. The largest absolute Gasteiger partial charge is 0.380 e. The molecule has 0 saturated heterocycles. The summed E-state index contributed by atoms with van der Waals surface area (Å²) in [6, 6.07) is 7.90. The number of Topliss-reactive ketones (excluding diaryl/α,β-unsaturated/α-hetero) is 1. The molecule has 0 atom stereocenters. The molecule has 1 aliphatic rings. The van der Waals surface area contributed by atoms with Gasteiger partial charge in [0.15, 0.2) is 5.78 Å². The first-order valence-electron chi connectivity index (χ1n) is 6.80. The van der Waals surface area contributed by atoms with Crippen LogP contribution in [0, 0.1) is 0 Å². The van der Waals surface area contributed by atoms with Crippen molar-refractivity contribution >= 4 is 11.5 Å². The third-order valence-corrected chi connectivity index (χ3v) is 3.50. The van der Waals surface area contributed by atoms with Crippen LogP contribution in [0.25, 0.3) is 0 Å². The minimum Gasteiger partial charge on any atom is -0.380 e. The fraction of sp³-hybridized carbons (Fsp3) is 0.438. The number of carbonyl (C=O) groups is 1. The van der Waals surface area contributed by atoms with Gasteiger partial charge in [-0.3, -0.25) is 4.79 Å². The molecule has 1 heterocycles. The molecule has 1 aromatic rings. The van der Waals surface area contributed by atoms with Crippen LogP contribution in [0.1, 0.15) is 30.1 Å². The number of nitrogens with zero attached hydrogens (tertiary/aromatic N) is 1. The maximum atomic E-state index is 12.0. The van der Waals surface area contributed by atoms with Gasteiger partial charge in [-0.05, 0) is 24.1 Å². The van der Waals surface area contributed by atoms with E-state index >= 15 is 0 Å². The summed E-state index contributed by atoms with van der Waals surface area (Å²) in [5, 5.41) is 0. The summed E-state index contributed by atoms with van der Waals surface area (Å²) in [5.74, 6) is 0.210. The molecule has 0 fully saturated rings. The van der Waals surface area contributed by atoms with Crippen molar-refractivity contribution in [2.75, 3.05) is 31.7 Å². The van der Waals surface area contributed by atoms with E-state index in [1.165, 1.54) is 5.57 Å². The van der Waals surface area contributed by atoms with Crippen LogP contribution in [-0.4, -0.2) is 32.6 Å². The third-order valence-electron chi connectivity index (χ3n) is 3.50. The van der Waals surface area contributed by atoms with Crippen molar-refractivity contribution in [3.8, 4) is 0 Å². The molecule has 0 aromatic heterocycles. The van der Waals surface area contributed by atoms with Crippen molar-refractivity contribution in [1.29, 1.82) is 0 Å². The summed E-state index contributed by atoms with van der Waals surface area (Å²) in [5.41, 5.74) is 3.24. The van der Waals surface area contributed by atoms with Gasteiger partial charge in [0.05, 0.1) is 6.61 Å². The summed E-state index contributed by atoms with van der Waals surface area (Å²) in [7, 11) is 1.72. The highest BCUT2D eigenvalue weighted by atomic mass is 16.5. The van der Waals surface area contributed by atoms with E-state index in [0.29, 0.717) is 13.0 Å². The van der Waals surface area contributed by atoms with Crippen LogP contribution in [0.15, 0.2) is 35.9 Å². The van der Waals surface area contributed by atoms with Gasteiger partial charge in [0.2, 0.25) is 0 Å². The Morgan fingerprint density at radius 1 is 1.37 bits per heavy atom. The van der Waals surface area contributed by atoms with Gasteiger partial charge in [0.25, 0.3) is 0 Å². The molecule has 1 aliphatic heterocycles. The van der Waals surface area contributed by atoms with Crippen molar-refractivity contribution < 1.29 is 9.53 Å². The molecule has 0 bridgehead atoms. The summed E-state index contributed by atoms with van der Waals surface area (Å²) < 4.78 is 5.16. The van der Waals surface area contributed by atoms with E-state index in [1.54, 1.807) is 7.11 Å². The van der Waals surface area contributed by atoms with Gasteiger partial charge in [-0.25, -0.2) is 0 Å². The zero-order chi connectivity index (χ0) is 13.7. The molecule has 3 heteroatoms. The minimum atomic E-state index is 0.210. The van der Waals surface area contributed by atoms with E-state index in [2.05, 4.69) is 11.0 Å². The van der Waals surface area contributed by atoms with E-state index in [0.717, 1.165) is 30.8 Å². The molecule has 0 saturated carbocycles. The van der Waals surface area contributed by atoms with Crippen molar-refractivity contribution in [2.45, 2.75) is 19.8 Å². The van der Waals surface area contributed by atoms with E-state index < -0.39 is 0 Å². The number of hydrogen-bond donors (Lipinski definition) is 0. The number of para-hydroxylation sites is 1. The average Bonchev–Trinajstić information content (AvgIpc) is 2.47. The molecule has 0 N–H and O–H groups in total. The molecular formula is C16H21NO2. The quantitative estimate of drug-likeness (QED) is 0.601. The van der Waals surface area contributed by atoms with Gasteiger partial charge in [0.1, 0.15) is 0 Å². The van der Waals surface area contributed by atoms with Crippen LogP contribution < -0.4 is 4.90 Å². The van der Waals surface area contributed by atoms with Crippen molar-refractivity contribution in [3.63, 3.8) is 0 Å². The lowest BCUT2D eigenvalue weighted by molar-refractivity contribution is 0.0988. The van der Waals surface area contributed by atoms with E-state index in [9.17, 15) is 4.79 Å². The molecule has 19 heavy (non-hydrogen) atoms. The topological polar surface area (TPSA) is 29.5 Å². The molecule has 0 amide bonds. The summed E-state index contributed by atoms with van der Waals surface area (Å²) in [6.45, 7) is 4.42. The van der Waals surface area contributed by atoms with Gasteiger partial charge in [0, 0.05) is 37.9 Å². The molecule has 0 spiro atoms. The average molecular weight is 259 g/mol. The van der Waals surface area contributed by atoms with E-state index in [1.807, 2.05) is 31.2 Å². The van der Waals surface area contributed by atoms with Gasteiger partial charge < -0.3 is 9.64 Å². The lowest BCUT2D eigenvalue weighted by Gasteiger charge is -2.29. The molecule has 0 unspecified atom stereocenters. The molecule has 102 valence electrons. The third kappa shape index (κ3) is 3.24. The molecule has 2 rings (SSSR count). The lowest BCUT2D eigenvalue weighted by atomic mass is 10.0. The Hall–Kier alpha value is -1.61. The number of ether oxygens (including phenoxy) is 1. The first kappa shape index (κ1) is 13.8. The monoisotopic (exact) mass is 259 g/mol. The molecule has 0 radical (unpaired) electrons. The Labute approximate surface area is 114 Å². The van der Waals surface area contributed by atoms with E-state index in [-0.39, 0.29) is 5.78 Å². The van der Waals surface area contributed by atoms with Gasteiger partial charge in [-0.15, -0.1) is 0 Å². The lowest BCUT2D eigenvalue weighted by Crippen LogP contribution is -2.30. The molecule has 3 nitrogen and oxygen atoms in total. The first-order valence-corrected chi connectivity index (χ1v) is 6.80. The van der Waals surface area contributed by atoms with Crippen LogP contribution in [-0.2, 0) is 4.74 Å². The van der Waals surface area contributed by atoms with Gasteiger partial charge >= 0.3 is 0 Å². The minimum absolute atomic E-state index is 0.210. The zero-order valence-corrected chi connectivity index (χ0v) is 11.7. The standard InChI is InChI=1S/C16H21NO2/c1-3-16(18)14-6-4-5-7-15(14)17-10-8-13(9-11-17)12-19-2/h4-8H,3,9-12H2,1-2H3. The number of rotatable bonds is 5. The van der Waals surface area contributed by atoms with Gasteiger partial charge in [-0.2, -0.15) is 0 Å². The highest BCUT2D eigenvalue weighted by molar-refractivity contribution is 6.01. The second-order valence-corrected chi connectivity index (χ2v) is 4.79. The SMILES string of the molecule is CCC(=O)c1ccccc1N1CC=C(COC)CC1. The maximum absolute atomic E-state index is 12.0. The van der Waals surface area contributed by atoms with Crippen LogP contribution in [0.5, 0.6) is 0 Å². The Bertz CT molecular complexity index is 479. The fourth-order valence-electron chi connectivity index (χ4n) is 2.42. The number of anilines is 1. The van der Waals surface area contributed by atoms with Crippen molar-refractivity contribution in [2.24, 2.45) is 0 Å².